The monoisotopic (exact) mass is 334 g/mol. The second-order valence-electron chi connectivity index (χ2n) is 5.50. The molecule has 0 unspecified atom stereocenters. The lowest BCUT2D eigenvalue weighted by Gasteiger charge is -2.11. The number of rotatable bonds is 5. The molecule has 3 aromatic carbocycles. The van der Waals surface area contributed by atoms with E-state index in [0.717, 1.165) is 10.8 Å². The summed E-state index contributed by atoms with van der Waals surface area (Å²) >= 11 is 0. The summed E-state index contributed by atoms with van der Waals surface area (Å²) in [6.45, 7) is 0. The smallest absolute Gasteiger partial charge is 0.336 e. The third-order valence-electron chi connectivity index (χ3n) is 4.05. The number of hydrogen-bond donors (Lipinski definition) is 1. The van der Waals surface area contributed by atoms with Crippen molar-refractivity contribution in [2.45, 2.75) is 0 Å². The van der Waals surface area contributed by atoms with E-state index in [2.05, 4.69) is 0 Å². The molecule has 0 amide bonds. The Hall–Kier alpha value is -3.27. The summed E-state index contributed by atoms with van der Waals surface area (Å²) in [5.74, 6) is 0.212. The summed E-state index contributed by atoms with van der Waals surface area (Å²) in [6.07, 6.45) is 1.63. The zero-order valence-electron chi connectivity index (χ0n) is 14.0. The molecule has 4 heteroatoms. The van der Waals surface area contributed by atoms with E-state index < -0.39 is 5.97 Å². The molecule has 0 spiro atoms. The van der Waals surface area contributed by atoms with Gasteiger partial charge < -0.3 is 14.6 Å². The summed E-state index contributed by atoms with van der Waals surface area (Å²) in [5.41, 5.74) is 1.55. The van der Waals surface area contributed by atoms with Crippen molar-refractivity contribution in [1.82, 2.24) is 0 Å². The number of carbonyl (C=O) groups is 1. The Labute approximate surface area is 145 Å². The van der Waals surface area contributed by atoms with Crippen LogP contribution in [0.25, 0.3) is 22.4 Å². The highest BCUT2D eigenvalue weighted by Gasteiger charge is 2.15. The zero-order chi connectivity index (χ0) is 17.8. The van der Waals surface area contributed by atoms with Crippen molar-refractivity contribution in [2.75, 3.05) is 14.2 Å². The van der Waals surface area contributed by atoms with Gasteiger partial charge in [0.1, 0.15) is 11.5 Å². The Balaban J connectivity index is 2.20. The van der Waals surface area contributed by atoms with Gasteiger partial charge in [-0.1, -0.05) is 42.5 Å². The third-order valence-corrected chi connectivity index (χ3v) is 4.05. The second-order valence-corrected chi connectivity index (χ2v) is 5.50. The minimum atomic E-state index is -0.991. The predicted octanol–water partition coefficient (Wildman–Crippen LogP) is 4.48. The van der Waals surface area contributed by atoms with Gasteiger partial charge in [-0.05, 0) is 34.5 Å². The van der Waals surface area contributed by atoms with Crippen molar-refractivity contribution in [2.24, 2.45) is 0 Å². The van der Waals surface area contributed by atoms with Crippen LogP contribution in [0, 0.1) is 0 Å². The molecule has 0 aliphatic rings. The maximum absolute atomic E-state index is 11.9. The average Bonchev–Trinajstić information content (AvgIpc) is 2.65. The number of ether oxygens (including phenoxy) is 2. The van der Waals surface area contributed by atoms with E-state index in [-0.39, 0.29) is 5.57 Å². The molecule has 0 saturated heterocycles. The van der Waals surface area contributed by atoms with Crippen LogP contribution in [0.4, 0.5) is 0 Å². The van der Waals surface area contributed by atoms with Crippen molar-refractivity contribution in [3.8, 4) is 11.5 Å². The fourth-order valence-corrected chi connectivity index (χ4v) is 2.81. The van der Waals surface area contributed by atoms with Gasteiger partial charge in [-0.15, -0.1) is 0 Å². The number of hydrogen-bond acceptors (Lipinski definition) is 3. The molecular weight excluding hydrogens is 316 g/mol. The van der Waals surface area contributed by atoms with Crippen molar-refractivity contribution >= 4 is 28.4 Å². The van der Waals surface area contributed by atoms with E-state index in [9.17, 15) is 9.90 Å². The SMILES string of the molecule is COc1ccc(/C=C(\C(=O)O)c2cccc3ccccc23)c(OC)c1. The van der Waals surface area contributed by atoms with Crippen molar-refractivity contribution < 1.29 is 19.4 Å². The summed E-state index contributed by atoms with van der Waals surface area (Å²) in [7, 11) is 3.12. The molecule has 0 bridgehead atoms. The van der Waals surface area contributed by atoms with Gasteiger partial charge in [0.25, 0.3) is 0 Å². The number of carboxylic acid groups (broad SMARTS) is 1. The molecule has 0 aliphatic carbocycles. The summed E-state index contributed by atoms with van der Waals surface area (Å²) < 4.78 is 10.6. The van der Waals surface area contributed by atoms with E-state index in [4.69, 9.17) is 9.47 Å². The highest BCUT2D eigenvalue weighted by molar-refractivity contribution is 6.24. The van der Waals surface area contributed by atoms with Crippen LogP contribution >= 0.6 is 0 Å². The van der Waals surface area contributed by atoms with Crippen molar-refractivity contribution in [1.29, 1.82) is 0 Å². The van der Waals surface area contributed by atoms with E-state index in [1.165, 1.54) is 0 Å². The summed E-state index contributed by atoms with van der Waals surface area (Å²) in [5, 5.41) is 11.7. The van der Waals surface area contributed by atoms with Crippen LogP contribution < -0.4 is 9.47 Å². The van der Waals surface area contributed by atoms with E-state index >= 15 is 0 Å². The molecule has 0 atom stereocenters. The zero-order valence-corrected chi connectivity index (χ0v) is 14.0. The molecule has 3 aromatic rings. The van der Waals surface area contributed by atoms with Gasteiger partial charge in [-0.3, -0.25) is 0 Å². The highest BCUT2D eigenvalue weighted by atomic mass is 16.5. The Morgan fingerprint density at radius 1 is 0.960 bits per heavy atom. The molecule has 0 aromatic heterocycles. The van der Waals surface area contributed by atoms with Crippen LogP contribution in [0.3, 0.4) is 0 Å². The first-order valence-electron chi connectivity index (χ1n) is 7.79. The van der Waals surface area contributed by atoms with Gasteiger partial charge in [0.05, 0.1) is 19.8 Å². The van der Waals surface area contributed by atoms with Gasteiger partial charge in [-0.25, -0.2) is 4.79 Å². The van der Waals surface area contributed by atoms with Crippen LogP contribution in [0.5, 0.6) is 11.5 Å². The second kappa shape index (κ2) is 7.09. The highest BCUT2D eigenvalue weighted by Crippen LogP contribution is 2.31. The largest absolute Gasteiger partial charge is 0.497 e. The van der Waals surface area contributed by atoms with Gasteiger partial charge in [0, 0.05) is 11.6 Å². The molecule has 0 heterocycles. The molecule has 25 heavy (non-hydrogen) atoms. The van der Waals surface area contributed by atoms with Crippen LogP contribution in [0.1, 0.15) is 11.1 Å². The third kappa shape index (κ3) is 3.33. The number of aliphatic carboxylic acids is 1. The maximum Gasteiger partial charge on any atom is 0.336 e. The van der Waals surface area contributed by atoms with Gasteiger partial charge in [0.2, 0.25) is 0 Å². The van der Waals surface area contributed by atoms with E-state index in [1.807, 2.05) is 42.5 Å². The Bertz CT molecular complexity index is 952. The molecule has 126 valence electrons. The minimum Gasteiger partial charge on any atom is -0.497 e. The van der Waals surface area contributed by atoms with Crippen molar-refractivity contribution in [3.63, 3.8) is 0 Å². The lowest BCUT2D eigenvalue weighted by atomic mass is 9.96. The van der Waals surface area contributed by atoms with E-state index in [0.29, 0.717) is 22.6 Å². The topological polar surface area (TPSA) is 55.8 Å². The average molecular weight is 334 g/mol. The number of methoxy groups -OCH3 is 2. The number of benzene rings is 3. The molecule has 0 aliphatic heterocycles. The van der Waals surface area contributed by atoms with Gasteiger partial charge in [0.15, 0.2) is 0 Å². The first kappa shape index (κ1) is 16.6. The van der Waals surface area contributed by atoms with Crippen LogP contribution in [0.2, 0.25) is 0 Å². The van der Waals surface area contributed by atoms with Crippen LogP contribution in [-0.2, 0) is 4.79 Å². The Morgan fingerprint density at radius 3 is 2.44 bits per heavy atom. The molecule has 4 nitrogen and oxygen atoms in total. The lowest BCUT2D eigenvalue weighted by molar-refractivity contribution is -0.130. The van der Waals surface area contributed by atoms with Crippen LogP contribution in [0.15, 0.2) is 60.7 Å². The Morgan fingerprint density at radius 2 is 1.72 bits per heavy atom. The normalized spacial score (nSPS) is 11.4. The molecular formula is C21H18O4. The van der Waals surface area contributed by atoms with E-state index in [1.54, 1.807) is 38.5 Å². The standard InChI is InChI=1S/C21H18O4/c1-24-16-11-10-15(20(13-16)25-2)12-19(21(22)23)18-9-5-7-14-6-3-4-8-17(14)18/h3-13H,1-2H3,(H,22,23)/b19-12-. The number of fused-ring (bicyclic) bond motifs is 1. The fraction of sp³-hybridized carbons (Fsp3) is 0.0952. The first-order chi connectivity index (χ1) is 12.1. The van der Waals surface area contributed by atoms with Crippen LogP contribution in [-0.4, -0.2) is 25.3 Å². The van der Waals surface area contributed by atoms with Gasteiger partial charge >= 0.3 is 5.97 Å². The quantitative estimate of drug-likeness (QED) is 0.552. The summed E-state index contributed by atoms with van der Waals surface area (Å²) in [6, 6.07) is 18.7. The number of carboxylic acids is 1. The lowest BCUT2D eigenvalue weighted by Crippen LogP contribution is -2.01. The molecule has 1 N–H and O–H groups in total. The molecule has 3 rings (SSSR count). The minimum absolute atomic E-state index is 0.209. The first-order valence-corrected chi connectivity index (χ1v) is 7.79. The van der Waals surface area contributed by atoms with Gasteiger partial charge in [-0.2, -0.15) is 0 Å². The molecule has 0 fully saturated rings. The maximum atomic E-state index is 11.9. The molecule has 0 radical (unpaired) electrons. The summed E-state index contributed by atoms with van der Waals surface area (Å²) in [4.78, 5) is 11.9. The predicted molar refractivity (Wildman–Crippen MR) is 99.0 cm³/mol. The fourth-order valence-electron chi connectivity index (χ4n) is 2.81. The molecule has 0 saturated carbocycles. The Kier molecular flexibility index (Phi) is 4.70. The van der Waals surface area contributed by atoms with Crippen molar-refractivity contribution in [3.05, 3.63) is 71.8 Å².